The fraction of sp³-hybridized carbons (Fsp3) is 0.444. The van der Waals surface area contributed by atoms with Crippen LogP contribution in [0.1, 0.15) is 72.3 Å². The number of benzene rings is 3. The number of likely N-dealkylation sites (tertiary alicyclic amines) is 2. The third-order valence-electron chi connectivity index (χ3n) is 13.2. The van der Waals surface area contributed by atoms with Gasteiger partial charge in [-0.15, -0.1) is 0 Å². The molecule has 302 valence electrons. The van der Waals surface area contributed by atoms with E-state index in [0.717, 1.165) is 112 Å². The summed E-state index contributed by atoms with van der Waals surface area (Å²) in [5, 5.41) is 5.69. The van der Waals surface area contributed by atoms with Gasteiger partial charge in [0.05, 0.1) is 16.6 Å². The lowest BCUT2D eigenvalue weighted by Gasteiger charge is -2.40. The van der Waals surface area contributed by atoms with E-state index in [0.29, 0.717) is 53.2 Å². The van der Waals surface area contributed by atoms with Crippen LogP contribution in [0.2, 0.25) is 0 Å². The molecule has 10 rings (SSSR count). The highest BCUT2D eigenvalue weighted by atomic mass is 19.1. The predicted molar refractivity (Wildman–Crippen MR) is 218 cm³/mol. The van der Waals surface area contributed by atoms with Crippen LogP contribution in [-0.4, -0.2) is 73.3 Å². The Morgan fingerprint density at radius 3 is 2.45 bits per heavy atom. The summed E-state index contributed by atoms with van der Waals surface area (Å²) in [6.45, 7) is 8.60. The standard InChI is InChI=1S/C23H27FN4O2.C22H22FN3O2/c1-15-18(23(29)28-10-3-2-4-21(28)25-15)9-13-27-11-7-16(8-12-27)22-19-6-5-17(24)14-20(19)30-26-22;23-16-7-5-14(6-8-16)18-11-15-12-25(13-19(15)18)9-10-26-21(27)17-3-1-2-4-20(17)24-22(26)28/h5-6,14,16H,2-4,7-13H2,1H3;1-8,15,18-19H,9-13H2,(H,24,28)/t;15-,18-,19+/m.1/s1. The van der Waals surface area contributed by atoms with Crippen LogP contribution in [0.5, 0.6) is 0 Å². The molecule has 0 amide bonds. The lowest BCUT2D eigenvalue weighted by atomic mass is 9.64. The van der Waals surface area contributed by atoms with Crippen molar-refractivity contribution < 1.29 is 13.3 Å². The van der Waals surface area contributed by atoms with E-state index in [1.807, 2.05) is 23.6 Å². The molecular formula is C45H49F2N7O4. The molecule has 58 heavy (non-hydrogen) atoms. The zero-order chi connectivity index (χ0) is 39.9. The van der Waals surface area contributed by atoms with Crippen LogP contribution in [0.15, 0.2) is 85.6 Å². The van der Waals surface area contributed by atoms with Crippen LogP contribution >= 0.6 is 0 Å². The summed E-state index contributed by atoms with van der Waals surface area (Å²) in [5.41, 5.74) is 4.59. The molecular weight excluding hydrogens is 741 g/mol. The Morgan fingerprint density at radius 2 is 1.62 bits per heavy atom. The van der Waals surface area contributed by atoms with E-state index in [1.165, 1.54) is 34.4 Å². The molecule has 0 unspecified atom stereocenters. The number of nitrogens with one attached hydrogen (secondary N) is 1. The Balaban J connectivity index is 0.000000151. The van der Waals surface area contributed by atoms with Gasteiger partial charge in [0.25, 0.3) is 11.1 Å². The molecule has 1 aliphatic carbocycles. The molecule has 2 saturated heterocycles. The zero-order valence-electron chi connectivity index (χ0n) is 32.8. The summed E-state index contributed by atoms with van der Waals surface area (Å²) in [5.74, 6) is 2.50. The molecule has 0 bridgehead atoms. The molecule has 3 aromatic carbocycles. The molecule has 13 heteroatoms. The summed E-state index contributed by atoms with van der Waals surface area (Å²) in [6.07, 6.45) is 6.94. The van der Waals surface area contributed by atoms with Gasteiger partial charge < -0.3 is 19.3 Å². The SMILES string of the molecule is Cc1nc2n(c(=O)c1CCN1CCC(c3noc4cc(F)ccc34)CC1)CCCC2.O=c1[nH]c2ccccc2c(=O)n1CCN1C[C@H]2C[C@H](c3ccc(F)cc3)[C@H]2C1. The second-order valence-electron chi connectivity index (χ2n) is 16.6. The Hall–Kier alpha value is -5.27. The summed E-state index contributed by atoms with van der Waals surface area (Å²) in [7, 11) is 0. The number of para-hydroxylation sites is 1. The molecule has 3 aliphatic heterocycles. The zero-order valence-corrected chi connectivity index (χ0v) is 32.8. The number of hydrogen-bond donors (Lipinski definition) is 1. The molecule has 3 atom stereocenters. The largest absolute Gasteiger partial charge is 0.356 e. The maximum absolute atomic E-state index is 13.4. The molecule has 1 N–H and O–H groups in total. The first kappa shape index (κ1) is 38.3. The topological polar surface area (TPSA) is 122 Å². The first-order chi connectivity index (χ1) is 28.2. The van der Waals surface area contributed by atoms with Crippen molar-refractivity contribution in [2.24, 2.45) is 11.8 Å². The highest BCUT2D eigenvalue weighted by Crippen LogP contribution is 2.51. The Morgan fingerprint density at radius 1 is 0.828 bits per heavy atom. The number of H-pyrrole nitrogens is 1. The molecule has 11 nitrogen and oxygen atoms in total. The van der Waals surface area contributed by atoms with Crippen LogP contribution in [0.4, 0.5) is 8.78 Å². The van der Waals surface area contributed by atoms with Gasteiger partial charge in [0, 0.05) is 74.3 Å². The van der Waals surface area contributed by atoms with Gasteiger partial charge in [-0.2, -0.15) is 0 Å². The summed E-state index contributed by atoms with van der Waals surface area (Å²) >= 11 is 0. The fourth-order valence-electron chi connectivity index (χ4n) is 9.86. The van der Waals surface area contributed by atoms with E-state index in [2.05, 4.69) is 19.9 Å². The average molecular weight is 790 g/mol. The van der Waals surface area contributed by atoms with Gasteiger partial charge in [0.2, 0.25) is 0 Å². The van der Waals surface area contributed by atoms with Crippen molar-refractivity contribution in [2.75, 3.05) is 39.3 Å². The minimum Gasteiger partial charge on any atom is -0.356 e. The number of piperidine rings is 1. The van der Waals surface area contributed by atoms with E-state index < -0.39 is 0 Å². The van der Waals surface area contributed by atoms with E-state index in [4.69, 9.17) is 9.51 Å². The van der Waals surface area contributed by atoms with Crippen molar-refractivity contribution in [3.63, 3.8) is 0 Å². The second-order valence-corrected chi connectivity index (χ2v) is 16.6. The van der Waals surface area contributed by atoms with E-state index in [1.54, 1.807) is 30.3 Å². The highest BCUT2D eigenvalue weighted by molar-refractivity contribution is 5.80. The number of aromatic nitrogens is 5. The summed E-state index contributed by atoms with van der Waals surface area (Å²) in [6, 6.07) is 18.6. The second kappa shape index (κ2) is 16.2. The van der Waals surface area contributed by atoms with Gasteiger partial charge in [0.1, 0.15) is 17.5 Å². The molecule has 3 fully saturated rings. The average Bonchev–Trinajstić information content (AvgIpc) is 3.79. The summed E-state index contributed by atoms with van der Waals surface area (Å²) in [4.78, 5) is 50.2. The van der Waals surface area contributed by atoms with E-state index >= 15 is 0 Å². The van der Waals surface area contributed by atoms with Gasteiger partial charge in [-0.25, -0.2) is 18.6 Å². The minimum absolute atomic E-state index is 0.161. The normalized spacial score (nSPS) is 21.1. The number of aryl methyl sites for hydroxylation is 2. The molecule has 0 radical (unpaired) electrons. The van der Waals surface area contributed by atoms with Gasteiger partial charge in [-0.3, -0.25) is 18.7 Å². The highest BCUT2D eigenvalue weighted by Gasteiger charge is 2.47. The minimum atomic E-state index is -0.352. The van der Waals surface area contributed by atoms with Crippen molar-refractivity contribution >= 4 is 21.9 Å². The van der Waals surface area contributed by atoms with Crippen LogP contribution in [0.3, 0.4) is 0 Å². The number of rotatable bonds is 8. The molecule has 4 aliphatic rings. The van der Waals surface area contributed by atoms with Gasteiger partial charge in [0.15, 0.2) is 5.58 Å². The van der Waals surface area contributed by atoms with Crippen molar-refractivity contribution in [1.82, 2.24) is 34.1 Å². The number of fused-ring (bicyclic) bond motifs is 4. The molecule has 6 heterocycles. The van der Waals surface area contributed by atoms with Crippen LogP contribution in [-0.2, 0) is 25.9 Å². The Bertz CT molecular complexity index is 2630. The van der Waals surface area contributed by atoms with Gasteiger partial charge >= 0.3 is 5.69 Å². The fourth-order valence-corrected chi connectivity index (χ4v) is 9.86. The van der Waals surface area contributed by atoms with Crippen LogP contribution in [0.25, 0.3) is 21.9 Å². The van der Waals surface area contributed by atoms with Crippen molar-refractivity contribution in [3.05, 3.63) is 138 Å². The smallest absolute Gasteiger partial charge is 0.328 e. The predicted octanol–water partition coefficient (Wildman–Crippen LogP) is 6.15. The van der Waals surface area contributed by atoms with Crippen molar-refractivity contribution in [2.45, 2.75) is 76.8 Å². The molecule has 3 aromatic heterocycles. The molecule has 6 aromatic rings. The quantitative estimate of drug-likeness (QED) is 0.195. The Kier molecular flexibility index (Phi) is 10.7. The number of hydrogen-bond acceptors (Lipinski definition) is 8. The number of halogens is 2. The first-order valence-electron chi connectivity index (χ1n) is 20.8. The van der Waals surface area contributed by atoms with Crippen LogP contribution < -0.4 is 16.8 Å². The third kappa shape index (κ3) is 7.57. The van der Waals surface area contributed by atoms with Crippen molar-refractivity contribution in [3.8, 4) is 0 Å². The lowest BCUT2D eigenvalue weighted by Crippen LogP contribution is -2.38. The lowest BCUT2D eigenvalue weighted by molar-refractivity contribution is 0.191. The third-order valence-corrected chi connectivity index (χ3v) is 13.2. The Labute approximate surface area is 334 Å². The van der Waals surface area contributed by atoms with Gasteiger partial charge in [-0.05, 0) is 118 Å². The molecule has 1 saturated carbocycles. The monoisotopic (exact) mass is 789 g/mol. The maximum atomic E-state index is 13.4. The molecule has 0 spiro atoms. The maximum Gasteiger partial charge on any atom is 0.328 e. The van der Waals surface area contributed by atoms with Crippen molar-refractivity contribution in [1.29, 1.82) is 0 Å². The first-order valence-corrected chi connectivity index (χ1v) is 20.8. The van der Waals surface area contributed by atoms with Crippen LogP contribution in [0, 0.1) is 30.4 Å². The van der Waals surface area contributed by atoms with E-state index in [-0.39, 0.29) is 28.4 Å². The van der Waals surface area contributed by atoms with E-state index in [9.17, 15) is 23.2 Å². The van der Waals surface area contributed by atoms with Gasteiger partial charge in [-0.1, -0.05) is 29.4 Å². The number of nitrogens with zero attached hydrogens (tertiary/aromatic N) is 6. The number of aromatic amines is 1. The summed E-state index contributed by atoms with van der Waals surface area (Å²) < 4.78 is 35.1.